The van der Waals surface area contributed by atoms with E-state index >= 15 is 0 Å². The molecule has 0 atom stereocenters. The van der Waals surface area contributed by atoms with Gasteiger partial charge in [0.1, 0.15) is 5.82 Å². The van der Waals surface area contributed by atoms with Crippen molar-refractivity contribution < 1.29 is 14.3 Å². The van der Waals surface area contributed by atoms with Crippen molar-refractivity contribution in [1.82, 2.24) is 5.32 Å². The van der Waals surface area contributed by atoms with Crippen LogP contribution < -0.4 is 11.1 Å². The third-order valence-electron chi connectivity index (χ3n) is 4.01. The maximum absolute atomic E-state index is 13.6. The molecule has 20 heavy (non-hydrogen) atoms. The predicted molar refractivity (Wildman–Crippen MR) is 75.8 cm³/mol. The Bertz CT molecular complexity index is 474. The number of nitrogens with two attached hydrogens (primary N) is 1. The molecule has 1 aromatic rings. The molecule has 0 heterocycles. The molecule has 1 aliphatic rings. The van der Waals surface area contributed by atoms with E-state index in [4.69, 9.17) is 5.73 Å². The van der Waals surface area contributed by atoms with Crippen molar-refractivity contribution in [2.24, 2.45) is 5.92 Å². The molecule has 5 heteroatoms. The topological polar surface area (TPSA) is 75.4 Å². The number of nitrogens with one attached hydrogen (secondary N) is 1. The fourth-order valence-electron chi connectivity index (χ4n) is 2.52. The molecule has 4 nitrogen and oxygen atoms in total. The van der Waals surface area contributed by atoms with Crippen molar-refractivity contribution in [3.63, 3.8) is 0 Å². The van der Waals surface area contributed by atoms with Crippen molar-refractivity contribution in [2.45, 2.75) is 38.7 Å². The van der Waals surface area contributed by atoms with Gasteiger partial charge in [-0.15, -0.1) is 0 Å². The predicted octanol–water partition coefficient (Wildman–Crippen LogP) is 2.00. The van der Waals surface area contributed by atoms with Gasteiger partial charge in [-0.1, -0.05) is 0 Å². The first kappa shape index (κ1) is 14.8. The van der Waals surface area contributed by atoms with Crippen molar-refractivity contribution >= 4 is 11.6 Å². The number of carbonyl (C=O) groups excluding carboxylic acids is 1. The quantitative estimate of drug-likeness (QED) is 0.741. The molecule has 1 fully saturated rings. The first-order valence-corrected chi connectivity index (χ1v) is 6.99. The Kier molecular flexibility index (Phi) is 4.60. The van der Waals surface area contributed by atoms with Crippen molar-refractivity contribution in [3.8, 4) is 0 Å². The molecule has 4 N–H and O–H groups in total. The molecule has 0 aliphatic heterocycles. The van der Waals surface area contributed by atoms with Crippen LogP contribution in [0.5, 0.6) is 0 Å². The summed E-state index contributed by atoms with van der Waals surface area (Å²) < 4.78 is 13.6. The van der Waals surface area contributed by atoms with Crippen molar-refractivity contribution in [3.05, 3.63) is 29.1 Å². The molecule has 0 aromatic heterocycles. The maximum Gasteiger partial charge on any atom is 0.251 e. The van der Waals surface area contributed by atoms with E-state index < -0.39 is 5.82 Å². The fourth-order valence-corrected chi connectivity index (χ4v) is 2.52. The van der Waals surface area contributed by atoms with Crippen LogP contribution in [0.15, 0.2) is 12.1 Å². The zero-order chi connectivity index (χ0) is 14.7. The van der Waals surface area contributed by atoms with E-state index in [1.54, 1.807) is 6.92 Å². The Labute approximate surface area is 118 Å². The summed E-state index contributed by atoms with van der Waals surface area (Å²) in [5.41, 5.74) is 6.57. The summed E-state index contributed by atoms with van der Waals surface area (Å²) in [7, 11) is 0. The van der Waals surface area contributed by atoms with Crippen LogP contribution in [0.25, 0.3) is 0 Å². The molecule has 1 amide bonds. The van der Waals surface area contributed by atoms with Crippen LogP contribution >= 0.6 is 0 Å². The second kappa shape index (κ2) is 6.22. The van der Waals surface area contributed by atoms with E-state index in [2.05, 4.69) is 5.32 Å². The van der Waals surface area contributed by atoms with E-state index in [0.717, 1.165) is 25.7 Å². The summed E-state index contributed by atoms with van der Waals surface area (Å²) in [6.45, 7) is 2.14. The Morgan fingerprint density at radius 3 is 2.65 bits per heavy atom. The molecule has 0 bridgehead atoms. The van der Waals surface area contributed by atoms with Gasteiger partial charge in [-0.05, 0) is 50.7 Å². The van der Waals surface area contributed by atoms with Crippen LogP contribution in [0.2, 0.25) is 0 Å². The second-order valence-corrected chi connectivity index (χ2v) is 5.56. The average molecular weight is 280 g/mol. The monoisotopic (exact) mass is 280 g/mol. The van der Waals surface area contributed by atoms with Gasteiger partial charge in [-0.3, -0.25) is 4.79 Å². The zero-order valence-corrected chi connectivity index (χ0v) is 11.7. The first-order chi connectivity index (χ1) is 9.47. The highest BCUT2D eigenvalue weighted by Crippen LogP contribution is 2.23. The highest BCUT2D eigenvalue weighted by molar-refractivity contribution is 5.95. The van der Waals surface area contributed by atoms with Crippen LogP contribution in [-0.4, -0.2) is 23.7 Å². The number of anilines is 1. The molecule has 0 unspecified atom stereocenters. The van der Waals surface area contributed by atoms with Crippen LogP contribution in [0, 0.1) is 18.7 Å². The van der Waals surface area contributed by atoms with Crippen LogP contribution in [0.4, 0.5) is 10.1 Å². The van der Waals surface area contributed by atoms with Crippen LogP contribution in [0.3, 0.4) is 0 Å². The number of aliphatic hydroxyl groups is 1. The lowest BCUT2D eigenvalue weighted by molar-refractivity contribution is 0.0910. The minimum Gasteiger partial charge on any atom is -0.398 e. The van der Waals surface area contributed by atoms with Gasteiger partial charge in [-0.2, -0.15) is 0 Å². The molecular weight excluding hydrogens is 259 g/mol. The largest absolute Gasteiger partial charge is 0.398 e. The van der Waals surface area contributed by atoms with Gasteiger partial charge in [0.2, 0.25) is 0 Å². The highest BCUT2D eigenvalue weighted by Gasteiger charge is 2.20. The Morgan fingerprint density at radius 1 is 1.40 bits per heavy atom. The molecule has 110 valence electrons. The molecule has 0 spiro atoms. The highest BCUT2D eigenvalue weighted by atomic mass is 19.1. The van der Waals surface area contributed by atoms with E-state index in [1.165, 1.54) is 12.1 Å². The smallest absolute Gasteiger partial charge is 0.251 e. The SMILES string of the molecule is Cc1c(N)cc(C(=O)NCC2CCC(O)CC2)cc1F. The fraction of sp³-hybridized carbons (Fsp3) is 0.533. The summed E-state index contributed by atoms with van der Waals surface area (Å²) in [4.78, 5) is 12.0. The molecular formula is C15H21FN2O2. The molecule has 1 aliphatic carbocycles. The standard InChI is InChI=1S/C15H21FN2O2/c1-9-13(16)6-11(7-14(9)17)15(20)18-8-10-2-4-12(19)5-3-10/h6-7,10,12,19H,2-5,8,17H2,1H3,(H,18,20). The first-order valence-electron chi connectivity index (χ1n) is 6.99. The normalized spacial score (nSPS) is 22.6. The summed E-state index contributed by atoms with van der Waals surface area (Å²) in [6.07, 6.45) is 3.18. The van der Waals surface area contributed by atoms with Crippen molar-refractivity contribution in [1.29, 1.82) is 0 Å². The third kappa shape index (κ3) is 3.48. The maximum atomic E-state index is 13.6. The second-order valence-electron chi connectivity index (χ2n) is 5.56. The van der Waals surface area contributed by atoms with E-state index in [1.807, 2.05) is 0 Å². The van der Waals surface area contributed by atoms with Crippen LogP contribution in [-0.2, 0) is 0 Å². The summed E-state index contributed by atoms with van der Waals surface area (Å²) in [6, 6.07) is 2.71. The lowest BCUT2D eigenvalue weighted by Gasteiger charge is -2.25. The zero-order valence-electron chi connectivity index (χ0n) is 11.7. The van der Waals surface area contributed by atoms with Gasteiger partial charge in [0, 0.05) is 23.4 Å². The van der Waals surface area contributed by atoms with Crippen LogP contribution in [0.1, 0.15) is 41.6 Å². The summed E-state index contributed by atoms with van der Waals surface area (Å²) in [5, 5.41) is 12.2. The van der Waals surface area contributed by atoms with Gasteiger partial charge in [0.15, 0.2) is 0 Å². The number of nitrogen functional groups attached to an aromatic ring is 1. The number of hydrogen-bond acceptors (Lipinski definition) is 3. The molecule has 1 aromatic carbocycles. The van der Waals surface area contributed by atoms with Gasteiger partial charge >= 0.3 is 0 Å². The van der Waals surface area contributed by atoms with Gasteiger partial charge in [0.25, 0.3) is 5.91 Å². The number of amides is 1. The minimum atomic E-state index is -0.462. The van der Waals surface area contributed by atoms with Gasteiger partial charge in [-0.25, -0.2) is 4.39 Å². The number of aliphatic hydroxyl groups excluding tert-OH is 1. The Balaban J connectivity index is 1.92. The summed E-state index contributed by atoms with van der Waals surface area (Å²) in [5.74, 6) is -0.382. The molecule has 0 radical (unpaired) electrons. The lowest BCUT2D eigenvalue weighted by Crippen LogP contribution is -2.32. The van der Waals surface area contributed by atoms with Gasteiger partial charge in [0.05, 0.1) is 6.10 Å². The average Bonchev–Trinajstić information content (AvgIpc) is 2.43. The minimum absolute atomic E-state index is 0.201. The van der Waals surface area contributed by atoms with Crippen molar-refractivity contribution in [2.75, 3.05) is 12.3 Å². The Morgan fingerprint density at radius 2 is 2.05 bits per heavy atom. The number of rotatable bonds is 3. The molecule has 1 saturated carbocycles. The number of hydrogen-bond donors (Lipinski definition) is 3. The third-order valence-corrected chi connectivity index (χ3v) is 4.01. The van der Waals surface area contributed by atoms with E-state index in [9.17, 15) is 14.3 Å². The number of halogens is 1. The number of benzene rings is 1. The van der Waals surface area contributed by atoms with E-state index in [-0.39, 0.29) is 23.3 Å². The molecule has 0 saturated heterocycles. The van der Waals surface area contributed by atoms with Gasteiger partial charge < -0.3 is 16.2 Å². The Hall–Kier alpha value is -1.62. The lowest BCUT2D eigenvalue weighted by atomic mass is 9.87. The van der Waals surface area contributed by atoms with E-state index in [0.29, 0.717) is 18.0 Å². The summed E-state index contributed by atoms with van der Waals surface area (Å²) >= 11 is 0. The number of carbonyl (C=O) groups is 1. The molecule has 2 rings (SSSR count).